The van der Waals surface area contributed by atoms with E-state index in [4.69, 9.17) is 0 Å². The lowest BCUT2D eigenvalue weighted by molar-refractivity contribution is -0.126. The first-order valence-electron chi connectivity index (χ1n) is 8.04. The van der Waals surface area contributed by atoms with Gasteiger partial charge in [-0.1, -0.05) is 37.5 Å². The highest BCUT2D eigenvalue weighted by atomic mass is 16.3. The van der Waals surface area contributed by atoms with Crippen LogP contribution in [0.4, 0.5) is 5.69 Å². The van der Waals surface area contributed by atoms with Crippen molar-refractivity contribution in [3.8, 4) is 0 Å². The number of anilines is 1. The molecule has 1 heterocycles. The highest BCUT2D eigenvalue weighted by Gasteiger charge is 2.28. The topological polar surface area (TPSA) is 61.4 Å². The zero-order valence-corrected chi connectivity index (χ0v) is 12.3. The number of carbonyl (C=O) groups is 1. The summed E-state index contributed by atoms with van der Waals surface area (Å²) >= 11 is 0. The largest absolute Gasteiger partial charge is 0.391 e. The summed E-state index contributed by atoms with van der Waals surface area (Å²) in [6, 6.07) is 8.07. The van der Waals surface area contributed by atoms with Crippen LogP contribution in [0.1, 0.15) is 37.7 Å². The minimum absolute atomic E-state index is 0.0460. The molecule has 114 valence electrons. The lowest BCUT2D eigenvalue weighted by atomic mass is 9.92. The van der Waals surface area contributed by atoms with Crippen LogP contribution in [0.5, 0.6) is 0 Å². The second-order valence-corrected chi connectivity index (χ2v) is 6.26. The third-order valence-corrected chi connectivity index (χ3v) is 4.70. The zero-order chi connectivity index (χ0) is 14.7. The Morgan fingerprint density at radius 1 is 1.19 bits per heavy atom. The van der Waals surface area contributed by atoms with E-state index in [2.05, 4.69) is 22.8 Å². The Balaban J connectivity index is 1.61. The molecule has 2 aliphatic rings. The molecule has 0 aromatic heterocycles. The van der Waals surface area contributed by atoms with Crippen LogP contribution in [0.25, 0.3) is 0 Å². The smallest absolute Gasteiger partial charge is 0.225 e. The molecular weight excluding hydrogens is 264 g/mol. The molecule has 1 aliphatic carbocycles. The molecule has 4 heteroatoms. The molecule has 3 N–H and O–H groups in total. The number of fused-ring (bicyclic) bond motifs is 1. The molecule has 1 saturated carbocycles. The highest BCUT2D eigenvalue weighted by Crippen LogP contribution is 2.25. The van der Waals surface area contributed by atoms with Gasteiger partial charge < -0.3 is 15.7 Å². The minimum atomic E-state index is -0.389. The predicted octanol–water partition coefficient (Wildman–Crippen LogP) is 2.08. The van der Waals surface area contributed by atoms with Gasteiger partial charge in [0.05, 0.1) is 18.1 Å². The molecule has 3 unspecified atom stereocenters. The van der Waals surface area contributed by atoms with E-state index in [-0.39, 0.29) is 24.0 Å². The summed E-state index contributed by atoms with van der Waals surface area (Å²) in [5.74, 6) is 0.0262. The maximum Gasteiger partial charge on any atom is 0.225 e. The number of hydrogen-bond acceptors (Lipinski definition) is 3. The summed E-state index contributed by atoms with van der Waals surface area (Å²) in [6.45, 7) is 0.672. The summed E-state index contributed by atoms with van der Waals surface area (Å²) < 4.78 is 0. The van der Waals surface area contributed by atoms with Gasteiger partial charge in [-0.3, -0.25) is 4.79 Å². The number of benzene rings is 1. The molecule has 1 aromatic carbocycles. The van der Waals surface area contributed by atoms with Crippen molar-refractivity contribution in [3.63, 3.8) is 0 Å². The van der Waals surface area contributed by atoms with Gasteiger partial charge in [0.1, 0.15) is 0 Å². The van der Waals surface area contributed by atoms with Crippen molar-refractivity contribution < 1.29 is 9.90 Å². The summed E-state index contributed by atoms with van der Waals surface area (Å²) in [6.07, 6.45) is 5.39. The number of rotatable bonds is 2. The van der Waals surface area contributed by atoms with E-state index >= 15 is 0 Å². The van der Waals surface area contributed by atoms with E-state index in [0.717, 1.165) is 44.2 Å². The molecule has 0 saturated heterocycles. The summed E-state index contributed by atoms with van der Waals surface area (Å²) in [5, 5.41) is 16.5. The second kappa shape index (κ2) is 6.48. The highest BCUT2D eigenvalue weighted by molar-refractivity contribution is 5.81. The van der Waals surface area contributed by atoms with Crippen molar-refractivity contribution in [2.45, 2.75) is 50.7 Å². The molecule has 4 nitrogen and oxygen atoms in total. The van der Waals surface area contributed by atoms with Gasteiger partial charge in [0.2, 0.25) is 5.91 Å². The van der Waals surface area contributed by atoms with Gasteiger partial charge in [0.25, 0.3) is 0 Å². The first-order valence-corrected chi connectivity index (χ1v) is 8.04. The Labute approximate surface area is 125 Å². The van der Waals surface area contributed by atoms with Crippen molar-refractivity contribution in [2.75, 3.05) is 11.9 Å². The average Bonchev–Trinajstić information content (AvgIpc) is 2.72. The molecule has 1 amide bonds. The van der Waals surface area contributed by atoms with Crippen LogP contribution in [0.15, 0.2) is 24.3 Å². The van der Waals surface area contributed by atoms with E-state index in [0.29, 0.717) is 6.54 Å². The molecule has 21 heavy (non-hydrogen) atoms. The number of aliphatic hydroxyl groups excluding tert-OH is 1. The van der Waals surface area contributed by atoms with E-state index < -0.39 is 0 Å². The summed E-state index contributed by atoms with van der Waals surface area (Å²) in [4.78, 5) is 12.5. The van der Waals surface area contributed by atoms with Gasteiger partial charge in [-0.25, -0.2) is 0 Å². The van der Waals surface area contributed by atoms with Crippen LogP contribution in [0, 0.1) is 5.92 Å². The molecule has 0 bridgehead atoms. The van der Waals surface area contributed by atoms with Crippen LogP contribution < -0.4 is 10.6 Å². The quantitative estimate of drug-likeness (QED) is 0.730. The molecular formula is C17H24N2O2. The minimum Gasteiger partial charge on any atom is -0.391 e. The monoisotopic (exact) mass is 288 g/mol. The molecule has 1 aromatic rings. The van der Waals surface area contributed by atoms with Crippen LogP contribution in [0.2, 0.25) is 0 Å². The van der Waals surface area contributed by atoms with Crippen LogP contribution in [0.3, 0.4) is 0 Å². The Hall–Kier alpha value is -1.55. The molecule has 1 fully saturated rings. The van der Waals surface area contributed by atoms with Crippen molar-refractivity contribution in [1.29, 1.82) is 0 Å². The number of nitrogens with one attached hydrogen (secondary N) is 2. The van der Waals surface area contributed by atoms with Gasteiger partial charge in [-0.2, -0.15) is 0 Å². The van der Waals surface area contributed by atoms with Gasteiger partial charge in [-0.05, 0) is 30.9 Å². The normalized spacial score (nSPS) is 28.9. The molecule has 3 atom stereocenters. The second-order valence-electron chi connectivity index (χ2n) is 6.26. The van der Waals surface area contributed by atoms with Crippen molar-refractivity contribution in [3.05, 3.63) is 29.8 Å². The standard InChI is InChI=1S/C17H24N2O2/c20-16-9-3-1-2-8-15(16)19-17(21)13-10-12-6-4-5-7-14(12)18-11-13/h4-7,13,15-16,18,20H,1-3,8-11H2,(H,19,21). The fourth-order valence-corrected chi connectivity index (χ4v) is 3.38. The molecule has 3 rings (SSSR count). The third kappa shape index (κ3) is 3.38. The van der Waals surface area contributed by atoms with E-state index in [1.807, 2.05) is 12.1 Å². The van der Waals surface area contributed by atoms with Crippen LogP contribution in [-0.2, 0) is 11.2 Å². The molecule has 0 spiro atoms. The van der Waals surface area contributed by atoms with Crippen LogP contribution >= 0.6 is 0 Å². The predicted molar refractivity (Wildman–Crippen MR) is 83.1 cm³/mol. The van der Waals surface area contributed by atoms with Crippen molar-refractivity contribution in [2.24, 2.45) is 5.92 Å². The van der Waals surface area contributed by atoms with Gasteiger partial charge in [0, 0.05) is 12.2 Å². The van der Waals surface area contributed by atoms with E-state index in [9.17, 15) is 9.90 Å². The maximum atomic E-state index is 12.5. The summed E-state index contributed by atoms with van der Waals surface area (Å²) in [5.41, 5.74) is 2.33. The first-order chi connectivity index (χ1) is 10.2. The third-order valence-electron chi connectivity index (χ3n) is 4.70. The maximum absolute atomic E-state index is 12.5. The lowest BCUT2D eigenvalue weighted by Crippen LogP contribution is -2.47. The molecule has 1 aliphatic heterocycles. The van der Waals surface area contributed by atoms with Gasteiger partial charge in [0.15, 0.2) is 0 Å². The number of hydrogen-bond donors (Lipinski definition) is 3. The Morgan fingerprint density at radius 2 is 2.00 bits per heavy atom. The number of amides is 1. The number of aliphatic hydroxyl groups is 1. The van der Waals surface area contributed by atoms with Crippen molar-refractivity contribution >= 4 is 11.6 Å². The fourth-order valence-electron chi connectivity index (χ4n) is 3.38. The fraction of sp³-hybridized carbons (Fsp3) is 0.588. The molecule has 0 radical (unpaired) electrons. The Bertz CT molecular complexity index is 503. The number of carbonyl (C=O) groups excluding carboxylic acids is 1. The zero-order valence-electron chi connectivity index (χ0n) is 12.3. The SMILES string of the molecule is O=C(NC1CCCCCC1O)C1CNc2ccccc2C1. The average molecular weight is 288 g/mol. The number of para-hydroxylation sites is 1. The van der Waals surface area contributed by atoms with E-state index in [1.54, 1.807) is 0 Å². The van der Waals surface area contributed by atoms with Gasteiger partial charge in [-0.15, -0.1) is 0 Å². The van der Waals surface area contributed by atoms with E-state index in [1.165, 1.54) is 5.56 Å². The first kappa shape index (κ1) is 14.4. The van der Waals surface area contributed by atoms with Crippen molar-refractivity contribution in [1.82, 2.24) is 5.32 Å². The Kier molecular flexibility index (Phi) is 4.44. The van der Waals surface area contributed by atoms with Crippen LogP contribution in [-0.4, -0.2) is 29.7 Å². The summed E-state index contributed by atoms with van der Waals surface area (Å²) in [7, 11) is 0. The lowest BCUT2D eigenvalue weighted by Gasteiger charge is -2.28. The van der Waals surface area contributed by atoms with Gasteiger partial charge >= 0.3 is 0 Å². The Morgan fingerprint density at radius 3 is 2.90 bits per heavy atom.